The molecule has 1 aromatic heterocycles. The summed E-state index contributed by atoms with van der Waals surface area (Å²) in [5, 5.41) is 11.0. The number of hydrogen-bond acceptors (Lipinski definition) is 7. The standard InChI is InChI=1S/C15H17N5O3/c1-23-14-11-12(3-4-13(14)20(21)22)18-7-9-19(10-8-18)15-16-5-2-6-17-15/h2-6,11H,7-10H2,1H3. The van der Waals surface area contributed by atoms with Crippen molar-refractivity contribution in [2.75, 3.05) is 43.1 Å². The van der Waals surface area contributed by atoms with E-state index in [1.54, 1.807) is 30.6 Å². The van der Waals surface area contributed by atoms with Gasteiger partial charge in [0.15, 0.2) is 5.75 Å². The van der Waals surface area contributed by atoms with E-state index < -0.39 is 4.92 Å². The molecular weight excluding hydrogens is 298 g/mol. The van der Waals surface area contributed by atoms with Crippen LogP contribution in [0.2, 0.25) is 0 Å². The summed E-state index contributed by atoms with van der Waals surface area (Å²) >= 11 is 0. The third kappa shape index (κ3) is 3.15. The number of rotatable bonds is 4. The van der Waals surface area contributed by atoms with Gasteiger partial charge < -0.3 is 14.5 Å². The maximum absolute atomic E-state index is 11.0. The summed E-state index contributed by atoms with van der Waals surface area (Å²) in [4.78, 5) is 23.3. The molecule has 8 nitrogen and oxygen atoms in total. The zero-order valence-corrected chi connectivity index (χ0v) is 12.8. The molecule has 2 heterocycles. The molecule has 0 saturated carbocycles. The van der Waals surface area contributed by atoms with Gasteiger partial charge in [-0.2, -0.15) is 0 Å². The minimum absolute atomic E-state index is 0.0208. The van der Waals surface area contributed by atoms with Crippen molar-refractivity contribution in [2.24, 2.45) is 0 Å². The SMILES string of the molecule is COc1cc(N2CCN(c3ncccn3)CC2)ccc1[N+](=O)[O-]. The number of nitro groups is 1. The summed E-state index contributed by atoms with van der Waals surface area (Å²) in [6.07, 6.45) is 3.46. The highest BCUT2D eigenvalue weighted by atomic mass is 16.6. The number of anilines is 2. The molecule has 0 unspecified atom stereocenters. The van der Waals surface area contributed by atoms with Gasteiger partial charge >= 0.3 is 5.69 Å². The Kier molecular flexibility index (Phi) is 4.22. The normalized spacial score (nSPS) is 14.7. The quantitative estimate of drug-likeness (QED) is 0.627. The van der Waals surface area contributed by atoms with E-state index in [1.165, 1.54) is 13.2 Å². The highest BCUT2D eigenvalue weighted by Crippen LogP contribution is 2.31. The first-order valence-electron chi connectivity index (χ1n) is 7.28. The lowest BCUT2D eigenvalue weighted by molar-refractivity contribution is -0.385. The van der Waals surface area contributed by atoms with E-state index in [1.807, 2.05) is 0 Å². The smallest absolute Gasteiger partial charge is 0.311 e. The molecular formula is C15H17N5O3. The van der Waals surface area contributed by atoms with E-state index in [2.05, 4.69) is 19.8 Å². The van der Waals surface area contributed by atoms with Crippen molar-refractivity contribution in [1.82, 2.24) is 9.97 Å². The van der Waals surface area contributed by atoms with Gasteiger partial charge in [0.05, 0.1) is 12.0 Å². The van der Waals surface area contributed by atoms with E-state index in [0.29, 0.717) is 0 Å². The van der Waals surface area contributed by atoms with Crippen LogP contribution in [0.25, 0.3) is 0 Å². The number of methoxy groups -OCH3 is 1. The molecule has 8 heteroatoms. The van der Waals surface area contributed by atoms with Gasteiger partial charge in [-0.3, -0.25) is 10.1 Å². The molecule has 0 aliphatic carbocycles. The lowest BCUT2D eigenvalue weighted by Gasteiger charge is -2.36. The minimum atomic E-state index is -0.437. The zero-order chi connectivity index (χ0) is 16.2. The van der Waals surface area contributed by atoms with Crippen LogP contribution in [0.3, 0.4) is 0 Å². The molecule has 1 aliphatic rings. The van der Waals surface area contributed by atoms with Crippen LogP contribution in [0.1, 0.15) is 0 Å². The van der Waals surface area contributed by atoms with Gasteiger partial charge in [0.1, 0.15) is 0 Å². The highest BCUT2D eigenvalue weighted by molar-refractivity contribution is 5.60. The molecule has 0 N–H and O–H groups in total. The van der Waals surface area contributed by atoms with Crippen LogP contribution in [0.5, 0.6) is 5.75 Å². The number of aromatic nitrogens is 2. The second-order valence-electron chi connectivity index (χ2n) is 5.14. The second-order valence-corrected chi connectivity index (χ2v) is 5.14. The topological polar surface area (TPSA) is 84.6 Å². The van der Waals surface area contributed by atoms with Crippen molar-refractivity contribution in [3.63, 3.8) is 0 Å². The van der Waals surface area contributed by atoms with E-state index in [4.69, 9.17) is 4.74 Å². The van der Waals surface area contributed by atoms with Crippen LogP contribution in [0.15, 0.2) is 36.7 Å². The maximum atomic E-state index is 11.0. The molecule has 1 saturated heterocycles. The first-order valence-corrected chi connectivity index (χ1v) is 7.28. The molecule has 3 rings (SSSR count). The Morgan fingerprint density at radius 3 is 2.39 bits per heavy atom. The number of nitro benzene ring substituents is 1. The van der Waals surface area contributed by atoms with Gasteiger partial charge in [0.2, 0.25) is 5.95 Å². The Morgan fingerprint density at radius 1 is 1.13 bits per heavy atom. The van der Waals surface area contributed by atoms with Gasteiger partial charge in [0.25, 0.3) is 0 Å². The summed E-state index contributed by atoms with van der Waals surface area (Å²) in [7, 11) is 1.44. The molecule has 1 aliphatic heterocycles. The van der Waals surface area contributed by atoms with E-state index in [-0.39, 0.29) is 11.4 Å². The van der Waals surface area contributed by atoms with Crippen molar-refractivity contribution in [3.8, 4) is 5.75 Å². The third-order valence-corrected chi connectivity index (χ3v) is 3.84. The molecule has 1 aromatic carbocycles. The van der Waals surface area contributed by atoms with Crippen molar-refractivity contribution in [2.45, 2.75) is 0 Å². The van der Waals surface area contributed by atoms with Crippen LogP contribution in [-0.4, -0.2) is 48.2 Å². The number of hydrogen-bond donors (Lipinski definition) is 0. The summed E-state index contributed by atoms with van der Waals surface area (Å²) in [6, 6.07) is 6.76. The third-order valence-electron chi connectivity index (χ3n) is 3.84. The molecule has 1 fully saturated rings. The first-order chi connectivity index (χ1) is 11.2. The van der Waals surface area contributed by atoms with Crippen molar-refractivity contribution < 1.29 is 9.66 Å². The second kappa shape index (κ2) is 6.47. The highest BCUT2D eigenvalue weighted by Gasteiger charge is 2.21. The molecule has 0 bridgehead atoms. The van der Waals surface area contributed by atoms with Gasteiger partial charge in [-0.25, -0.2) is 9.97 Å². The Hall–Kier alpha value is -2.90. The van der Waals surface area contributed by atoms with Gasteiger partial charge in [0, 0.05) is 56.4 Å². The van der Waals surface area contributed by atoms with Crippen molar-refractivity contribution >= 4 is 17.3 Å². The summed E-state index contributed by atoms with van der Waals surface area (Å²) < 4.78 is 5.13. The lowest BCUT2D eigenvalue weighted by Crippen LogP contribution is -2.47. The molecule has 0 amide bonds. The average Bonchev–Trinajstić information content (AvgIpc) is 2.62. The predicted octanol–water partition coefficient (Wildman–Crippen LogP) is 1.72. The minimum Gasteiger partial charge on any atom is -0.490 e. The largest absolute Gasteiger partial charge is 0.490 e. The fourth-order valence-electron chi connectivity index (χ4n) is 2.63. The van der Waals surface area contributed by atoms with Crippen LogP contribution in [0, 0.1) is 10.1 Å². The Labute approximate surface area is 133 Å². The fourth-order valence-corrected chi connectivity index (χ4v) is 2.63. The predicted molar refractivity (Wildman–Crippen MR) is 86.1 cm³/mol. The van der Waals surface area contributed by atoms with Gasteiger partial charge in [-0.1, -0.05) is 0 Å². The van der Waals surface area contributed by atoms with E-state index in [0.717, 1.165) is 37.8 Å². The number of piperazine rings is 1. The van der Waals surface area contributed by atoms with E-state index in [9.17, 15) is 10.1 Å². The van der Waals surface area contributed by atoms with Crippen LogP contribution in [0.4, 0.5) is 17.3 Å². The summed E-state index contributed by atoms with van der Waals surface area (Å²) in [5.74, 6) is 1.01. The average molecular weight is 315 g/mol. The monoisotopic (exact) mass is 315 g/mol. The van der Waals surface area contributed by atoms with Crippen LogP contribution in [-0.2, 0) is 0 Å². The molecule has 0 atom stereocenters. The maximum Gasteiger partial charge on any atom is 0.311 e. The Balaban J connectivity index is 1.71. The van der Waals surface area contributed by atoms with Crippen LogP contribution < -0.4 is 14.5 Å². The zero-order valence-electron chi connectivity index (χ0n) is 12.8. The van der Waals surface area contributed by atoms with Gasteiger partial charge in [-0.05, 0) is 12.1 Å². The number of nitrogens with zero attached hydrogens (tertiary/aromatic N) is 5. The van der Waals surface area contributed by atoms with Crippen LogP contribution >= 0.6 is 0 Å². The molecule has 0 radical (unpaired) electrons. The summed E-state index contributed by atoms with van der Waals surface area (Å²) in [6.45, 7) is 3.17. The summed E-state index contributed by atoms with van der Waals surface area (Å²) in [5.41, 5.74) is 0.897. The lowest BCUT2D eigenvalue weighted by atomic mass is 10.2. The molecule has 2 aromatic rings. The fraction of sp³-hybridized carbons (Fsp3) is 0.333. The van der Waals surface area contributed by atoms with Crippen molar-refractivity contribution in [3.05, 3.63) is 46.8 Å². The molecule has 120 valence electrons. The first kappa shape index (κ1) is 15.0. The Bertz CT molecular complexity index is 687. The number of benzene rings is 1. The molecule has 0 spiro atoms. The Morgan fingerprint density at radius 2 is 1.78 bits per heavy atom. The molecule has 23 heavy (non-hydrogen) atoms. The van der Waals surface area contributed by atoms with E-state index >= 15 is 0 Å². The number of ether oxygens (including phenoxy) is 1. The van der Waals surface area contributed by atoms with Gasteiger partial charge in [-0.15, -0.1) is 0 Å². The van der Waals surface area contributed by atoms with Crippen molar-refractivity contribution in [1.29, 1.82) is 0 Å².